The van der Waals surface area contributed by atoms with Crippen LogP contribution in [0.4, 0.5) is 10.5 Å². The lowest BCUT2D eigenvalue weighted by molar-refractivity contribution is 0.256. The Morgan fingerprint density at radius 3 is 2.17 bits per heavy atom. The van der Waals surface area contributed by atoms with Gasteiger partial charge in [0.15, 0.2) is 0 Å². The lowest BCUT2D eigenvalue weighted by atomic mass is 9.99. The average molecular weight is 420 g/mol. The van der Waals surface area contributed by atoms with Gasteiger partial charge < -0.3 is 5.32 Å². The Hall–Kier alpha value is -1.86. The van der Waals surface area contributed by atoms with Crippen LogP contribution in [0.3, 0.4) is 0 Å². The molecule has 6 nitrogen and oxygen atoms in total. The largest absolute Gasteiger partial charge is 0.333 e. The summed E-state index contributed by atoms with van der Waals surface area (Å²) in [5.41, 5.74) is 5.82. The van der Waals surface area contributed by atoms with Crippen molar-refractivity contribution in [2.45, 2.75) is 65.2 Å². The molecule has 0 radical (unpaired) electrons. The second kappa shape index (κ2) is 9.76. The SMILES string of the molecule is CCCN(C/C=C/S(=O)(=O)NC(=O)Nc1c2c(cc3c1CCC3)CCC2)CCC. The van der Waals surface area contributed by atoms with Crippen molar-refractivity contribution in [1.29, 1.82) is 0 Å². The van der Waals surface area contributed by atoms with E-state index in [1.54, 1.807) is 6.08 Å². The smallest absolute Gasteiger partial charge is 0.307 e. The van der Waals surface area contributed by atoms with Gasteiger partial charge in [0.25, 0.3) is 10.0 Å². The van der Waals surface area contributed by atoms with Crippen molar-refractivity contribution in [3.63, 3.8) is 0 Å². The van der Waals surface area contributed by atoms with E-state index in [1.165, 1.54) is 22.3 Å². The number of hydrogen-bond acceptors (Lipinski definition) is 4. The summed E-state index contributed by atoms with van der Waals surface area (Å²) in [5, 5.41) is 3.97. The Bertz CT molecular complexity index is 840. The topological polar surface area (TPSA) is 78.5 Å². The van der Waals surface area contributed by atoms with Crippen LogP contribution in [-0.2, 0) is 35.7 Å². The molecule has 0 fully saturated rings. The Morgan fingerprint density at radius 2 is 1.62 bits per heavy atom. The number of rotatable bonds is 9. The van der Waals surface area contributed by atoms with Gasteiger partial charge in [0.2, 0.25) is 0 Å². The highest BCUT2D eigenvalue weighted by molar-refractivity contribution is 7.92. The molecule has 0 heterocycles. The van der Waals surface area contributed by atoms with E-state index in [2.05, 4.69) is 34.9 Å². The fourth-order valence-corrected chi connectivity index (χ4v) is 5.23. The summed E-state index contributed by atoms with van der Waals surface area (Å²) < 4.78 is 26.8. The minimum absolute atomic E-state index is 0.559. The van der Waals surface area contributed by atoms with Crippen molar-refractivity contribution in [2.75, 3.05) is 25.0 Å². The number of anilines is 1. The van der Waals surface area contributed by atoms with Crippen molar-refractivity contribution < 1.29 is 13.2 Å². The van der Waals surface area contributed by atoms with Crippen LogP contribution in [-0.4, -0.2) is 39.0 Å². The third-order valence-corrected chi connectivity index (χ3v) is 6.69. The normalized spacial score (nSPS) is 15.7. The van der Waals surface area contributed by atoms with E-state index in [0.717, 1.165) is 75.6 Å². The first-order valence-electron chi connectivity index (χ1n) is 10.8. The molecule has 0 aromatic heterocycles. The van der Waals surface area contributed by atoms with E-state index in [0.29, 0.717) is 6.54 Å². The van der Waals surface area contributed by atoms with Gasteiger partial charge in [-0.3, -0.25) is 4.90 Å². The predicted octanol–water partition coefficient (Wildman–Crippen LogP) is 3.75. The summed E-state index contributed by atoms with van der Waals surface area (Å²) in [6.45, 7) is 6.62. The number of nitrogens with one attached hydrogen (secondary N) is 2. The zero-order chi connectivity index (χ0) is 20.9. The van der Waals surface area contributed by atoms with Crippen LogP contribution in [0.1, 0.15) is 61.8 Å². The number of fused-ring (bicyclic) bond motifs is 2. The first-order chi connectivity index (χ1) is 13.9. The second-order valence-corrected chi connectivity index (χ2v) is 9.57. The third kappa shape index (κ3) is 5.60. The molecule has 0 saturated heterocycles. The minimum Gasteiger partial charge on any atom is -0.307 e. The van der Waals surface area contributed by atoms with Crippen LogP contribution in [0.2, 0.25) is 0 Å². The number of amides is 2. The molecule has 1 aromatic carbocycles. The Morgan fingerprint density at radius 1 is 1.03 bits per heavy atom. The monoisotopic (exact) mass is 419 g/mol. The van der Waals surface area contributed by atoms with Gasteiger partial charge >= 0.3 is 6.03 Å². The molecule has 2 aliphatic carbocycles. The zero-order valence-corrected chi connectivity index (χ0v) is 18.4. The van der Waals surface area contributed by atoms with Crippen molar-refractivity contribution in [3.8, 4) is 0 Å². The fourth-order valence-electron chi connectivity index (χ4n) is 4.52. The summed E-state index contributed by atoms with van der Waals surface area (Å²) in [7, 11) is -3.82. The van der Waals surface area contributed by atoms with Gasteiger partial charge in [-0.2, -0.15) is 0 Å². The number of carbonyl (C=O) groups is 1. The molecule has 1 aromatic rings. The van der Waals surface area contributed by atoms with Gasteiger partial charge in [-0.05, 0) is 86.7 Å². The number of carbonyl (C=O) groups excluding carboxylic acids is 1. The summed E-state index contributed by atoms with van der Waals surface area (Å²) in [4.78, 5) is 14.7. The van der Waals surface area contributed by atoms with Crippen LogP contribution in [0, 0.1) is 0 Å². The Labute approximate surface area is 174 Å². The first kappa shape index (κ1) is 21.8. The van der Waals surface area contributed by atoms with Gasteiger partial charge in [0.05, 0.1) is 0 Å². The highest BCUT2D eigenvalue weighted by Gasteiger charge is 2.25. The lowest BCUT2D eigenvalue weighted by Gasteiger charge is -2.18. The van der Waals surface area contributed by atoms with E-state index < -0.39 is 16.1 Å². The Balaban J connectivity index is 1.64. The van der Waals surface area contributed by atoms with Gasteiger partial charge in [0.1, 0.15) is 0 Å². The molecule has 0 aliphatic heterocycles. The van der Waals surface area contributed by atoms with Gasteiger partial charge in [-0.15, -0.1) is 0 Å². The number of sulfonamides is 1. The van der Waals surface area contributed by atoms with Crippen LogP contribution >= 0.6 is 0 Å². The van der Waals surface area contributed by atoms with E-state index in [1.807, 2.05) is 0 Å². The second-order valence-electron chi connectivity index (χ2n) is 8.01. The molecule has 0 spiro atoms. The number of benzene rings is 1. The standard InChI is InChI=1S/C22H33N3O3S/c1-3-12-25(13-4-2)14-7-15-29(27,28)24-22(26)23-21-19-10-5-8-17(19)16-18-9-6-11-20(18)21/h7,15-16H,3-6,8-14H2,1-2H3,(H2,23,24,26)/b15-7+. The maximum absolute atomic E-state index is 12.5. The van der Waals surface area contributed by atoms with E-state index in [-0.39, 0.29) is 0 Å². The molecule has 7 heteroatoms. The third-order valence-electron chi connectivity index (χ3n) is 5.67. The predicted molar refractivity (Wildman–Crippen MR) is 118 cm³/mol. The van der Waals surface area contributed by atoms with Crippen molar-refractivity contribution >= 4 is 21.7 Å². The van der Waals surface area contributed by atoms with E-state index >= 15 is 0 Å². The fraction of sp³-hybridized carbons (Fsp3) is 0.591. The van der Waals surface area contributed by atoms with Crippen LogP contribution in [0.5, 0.6) is 0 Å². The summed E-state index contributed by atoms with van der Waals surface area (Å²) in [5.74, 6) is 0. The highest BCUT2D eigenvalue weighted by Crippen LogP contribution is 2.38. The molecule has 2 amide bonds. The molecule has 3 rings (SSSR count). The molecule has 0 atom stereocenters. The summed E-state index contributed by atoms with van der Waals surface area (Å²) in [6, 6.07) is 1.61. The molecule has 0 unspecified atom stereocenters. The number of nitrogens with zero attached hydrogens (tertiary/aromatic N) is 1. The molecule has 0 bridgehead atoms. The van der Waals surface area contributed by atoms with Crippen molar-refractivity contribution in [2.24, 2.45) is 0 Å². The molecule has 2 N–H and O–H groups in total. The molecule has 29 heavy (non-hydrogen) atoms. The number of urea groups is 1. The van der Waals surface area contributed by atoms with E-state index in [9.17, 15) is 13.2 Å². The van der Waals surface area contributed by atoms with Crippen molar-refractivity contribution in [1.82, 2.24) is 9.62 Å². The molecule has 0 saturated carbocycles. The molecule has 2 aliphatic rings. The minimum atomic E-state index is -3.82. The maximum Gasteiger partial charge on any atom is 0.333 e. The summed E-state index contributed by atoms with van der Waals surface area (Å²) in [6.07, 6.45) is 9.77. The lowest BCUT2D eigenvalue weighted by Crippen LogP contribution is -2.34. The van der Waals surface area contributed by atoms with E-state index in [4.69, 9.17) is 0 Å². The average Bonchev–Trinajstić information content (AvgIpc) is 3.30. The quantitative estimate of drug-likeness (QED) is 0.639. The Kier molecular flexibility index (Phi) is 7.35. The van der Waals surface area contributed by atoms with Gasteiger partial charge in [-0.25, -0.2) is 17.9 Å². The van der Waals surface area contributed by atoms with Crippen molar-refractivity contribution in [3.05, 3.63) is 39.8 Å². The van der Waals surface area contributed by atoms with Crippen LogP contribution in [0.25, 0.3) is 0 Å². The van der Waals surface area contributed by atoms with Gasteiger partial charge in [0, 0.05) is 17.6 Å². The molecule has 160 valence electrons. The number of hydrogen-bond donors (Lipinski definition) is 2. The highest BCUT2D eigenvalue weighted by atomic mass is 32.2. The molecular formula is C22H33N3O3S. The van der Waals surface area contributed by atoms with Gasteiger partial charge in [-0.1, -0.05) is 26.0 Å². The van der Waals surface area contributed by atoms with Crippen LogP contribution in [0.15, 0.2) is 17.6 Å². The first-order valence-corrected chi connectivity index (χ1v) is 12.4. The zero-order valence-electron chi connectivity index (χ0n) is 17.6. The summed E-state index contributed by atoms with van der Waals surface area (Å²) >= 11 is 0. The number of aryl methyl sites for hydroxylation is 2. The molecular weight excluding hydrogens is 386 g/mol. The van der Waals surface area contributed by atoms with Crippen LogP contribution < -0.4 is 10.0 Å². The maximum atomic E-state index is 12.5.